The van der Waals surface area contributed by atoms with Crippen LogP contribution in [-0.4, -0.2) is 83.1 Å². The molecule has 5 heterocycles. The quantitative estimate of drug-likeness (QED) is 0.340. The fourth-order valence-corrected chi connectivity index (χ4v) is 8.26. The predicted octanol–water partition coefficient (Wildman–Crippen LogP) is 4.60. The van der Waals surface area contributed by atoms with E-state index in [-0.39, 0.29) is 24.7 Å². The number of hydrogen-bond acceptors (Lipinski definition) is 7. The lowest BCUT2D eigenvalue weighted by molar-refractivity contribution is -0.131. The summed E-state index contributed by atoms with van der Waals surface area (Å²) in [5.74, 6) is -1.02. The molecule has 5 aliphatic rings. The fraction of sp³-hybridized carbons (Fsp3) is 0.588. The second-order valence-electron chi connectivity index (χ2n) is 13.0. The second-order valence-corrected chi connectivity index (χ2v) is 13.0. The third-order valence-corrected chi connectivity index (χ3v) is 10.5. The van der Waals surface area contributed by atoms with Crippen LogP contribution in [0.4, 0.5) is 10.2 Å². The molecule has 0 radical (unpaired) electrons. The van der Waals surface area contributed by atoms with Crippen LogP contribution in [0.25, 0.3) is 4.85 Å². The smallest absolute Gasteiger partial charge is 0.318 e. The molecule has 9 nitrogen and oxygen atoms in total. The standard InChI is InChI=1S/C34H41FN6O3/c1-23(35)32(42)41-17-16-39(20-25(41)19-36-2)31-28-21-43-30(27-11-5-9-24-8-3-4-10-26(24)27)18-29(28)37-33(38-31)44-22-34-12-6-14-40(34)15-7-13-34/h5,9,11,25,30H,1,3-4,6-8,10,12-22H2/t25-,30?/m0/s1. The summed E-state index contributed by atoms with van der Waals surface area (Å²) < 4.78 is 26.9. The van der Waals surface area contributed by atoms with Gasteiger partial charge in [-0.05, 0) is 81.1 Å². The van der Waals surface area contributed by atoms with E-state index in [9.17, 15) is 9.18 Å². The summed E-state index contributed by atoms with van der Waals surface area (Å²) in [6.45, 7) is 15.0. The number of nitrogens with zero attached hydrogens (tertiary/aromatic N) is 6. The minimum Gasteiger partial charge on any atom is -0.461 e. The lowest BCUT2D eigenvalue weighted by atomic mass is 9.85. The molecule has 10 heteroatoms. The van der Waals surface area contributed by atoms with Gasteiger partial charge in [0.25, 0.3) is 5.91 Å². The van der Waals surface area contributed by atoms with Gasteiger partial charge >= 0.3 is 6.01 Å². The molecular formula is C34H41FN6O3. The van der Waals surface area contributed by atoms with Crippen molar-refractivity contribution in [2.75, 3.05) is 50.8 Å². The zero-order chi connectivity index (χ0) is 30.3. The van der Waals surface area contributed by atoms with Crippen LogP contribution >= 0.6 is 0 Å². The molecule has 232 valence electrons. The van der Waals surface area contributed by atoms with Crippen LogP contribution in [0, 0.1) is 6.57 Å². The van der Waals surface area contributed by atoms with Crippen molar-refractivity contribution in [3.05, 3.63) is 70.0 Å². The number of aromatic nitrogens is 2. The van der Waals surface area contributed by atoms with Crippen LogP contribution < -0.4 is 9.64 Å². The minimum absolute atomic E-state index is 0.0651. The molecule has 0 spiro atoms. The number of rotatable bonds is 7. The van der Waals surface area contributed by atoms with E-state index >= 15 is 0 Å². The number of carbonyl (C=O) groups is 1. The maximum absolute atomic E-state index is 13.8. The number of fused-ring (bicyclic) bond motifs is 3. The SMILES string of the molecule is [C-]#[N+]C[C@H]1CN(c2nc(OCC34CCCN3CCC4)nc3c2COC(c2cccc4c2CCCC4)C3)CCN1C(=O)C(=C)F. The molecular weight excluding hydrogens is 559 g/mol. The van der Waals surface area contributed by atoms with Crippen molar-refractivity contribution in [1.82, 2.24) is 19.8 Å². The van der Waals surface area contributed by atoms with Gasteiger partial charge in [-0.3, -0.25) is 9.69 Å². The lowest BCUT2D eigenvalue weighted by Crippen LogP contribution is -2.57. The topological polar surface area (TPSA) is 75.4 Å². The van der Waals surface area contributed by atoms with Crippen molar-refractivity contribution in [2.24, 2.45) is 0 Å². The summed E-state index contributed by atoms with van der Waals surface area (Å²) in [6, 6.07) is 6.50. The zero-order valence-electron chi connectivity index (χ0n) is 25.4. The Labute approximate surface area is 258 Å². The monoisotopic (exact) mass is 600 g/mol. The molecule has 0 saturated carbocycles. The number of halogens is 1. The van der Waals surface area contributed by atoms with E-state index < -0.39 is 17.8 Å². The van der Waals surface area contributed by atoms with E-state index in [1.165, 1.54) is 47.3 Å². The number of piperazine rings is 1. The molecule has 1 aromatic carbocycles. The Kier molecular flexibility index (Phi) is 8.02. The van der Waals surface area contributed by atoms with Gasteiger partial charge in [0, 0.05) is 31.6 Å². The first-order chi connectivity index (χ1) is 21.5. The van der Waals surface area contributed by atoms with E-state index in [2.05, 4.69) is 39.4 Å². The van der Waals surface area contributed by atoms with Gasteiger partial charge in [0.2, 0.25) is 6.54 Å². The highest BCUT2D eigenvalue weighted by molar-refractivity contribution is 5.91. The first-order valence-electron chi connectivity index (χ1n) is 16.2. The van der Waals surface area contributed by atoms with Gasteiger partial charge in [-0.25, -0.2) is 11.0 Å². The van der Waals surface area contributed by atoms with Crippen LogP contribution in [0.5, 0.6) is 6.01 Å². The van der Waals surface area contributed by atoms with Crippen LogP contribution in [0.15, 0.2) is 30.6 Å². The lowest BCUT2D eigenvalue weighted by Gasteiger charge is -2.41. The molecule has 3 fully saturated rings. The second kappa shape index (κ2) is 12.1. The molecule has 0 bridgehead atoms. The van der Waals surface area contributed by atoms with Gasteiger partial charge in [0.1, 0.15) is 18.5 Å². The van der Waals surface area contributed by atoms with E-state index in [1.807, 2.05) is 0 Å². The van der Waals surface area contributed by atoms with Gasteiger partial charge in [-0.1, -0.05) is 24.8 Å². The minimum atomic E-state index is -1.00. The van der Waals surface area contributed by atoms with Crippen LogP contribution in [0.1, 0.15) is 72.6 Å². The number of carbonyl (C=O) groups excluding carboxylic acids is 1. The Bertz CT molecular complexity index is 1480. The summed E-state index contributed by atoms with van der Waals surface area (Å²) in [4.78, 5) is 32.2. The molecule has 44 heavy (non-hydrogen) atoms. The Morgan fingerprint density at radius 1 is 1.11 bits per heavy atom. The number of aryl methyl sites for hydroxylation is 1. The van der Waals surface area contributed by atoms with Gasteiger partial charge in [-0.15, -0.1) is 0 Å². The van der Waals surface area contributed by atoms with E-state index in [0.29, 0.717) is 38.7 Å². The van der Waals surface area contributed by atoms with E-state index in [1.54, 1.807) is 0 Å². The largest absolute Gasteiger partial charge is 0.461 e. The highest BCUT2D eigenvalue weighted by Gasteiger charge is 2.45. The Morgan fingerprint density at radius 3 is 2.73 bits per heavy atom. The first-order valence-corrected chi connectivity index (χ1v) is 16.2. The fourth-order valence-electron chi connectivity index (χ4n) is 8.26. The summed E-state index contributed by atoms with van der Waals surface area (Å²) in [5.41, 5.74) is 6.04. The maximum atomic E-state index is 13.8. The highest BCUT2D eigenvalue weighted by Crippen LogP contribution is 2.41. The third-order valence-electron chi connectivity index (χ3n) is 10.5. The van der Waals surface area contributed by atoms with Gasteiger partial charge < -0.3 is 24.1 Å². The molecule has 1 aliphatic carbocycles. The molecule has 2 aromatic rings. The Morgan fingerprint density at radius 2 is 1.93 bits per heavy atom. The van der Waals surface area contributed by atoms with Crippen LogP contribution in [0.2, 0.25) is 0 Å². The first kappa shape index (κ1) is 29.2. The van der Waals surface area contributed by atoms with Crippen LogP contribution in [0.3, 0.4) is 0 Å². The summed E-state index contributed by atoms with van der Waals surface area (Å²) >= 11 is 0. The van der Waals surface area contributed by atoms with Gasteiger partial charge in [0.15, 0.2) is 5.83 Å². The number of benzene rings is 1. The molecule has 0 N–H and O–H groups in total. The van der Waals surface area contributed by atoms with E-state index in [0.717, 1.165) is 55.8 Å². The predicted molar refractivity (Wildman–Crippen MR) is 164 cm³/mol. The summed E-state index contributed by atoms with van der Waals surface area (Å²) in [6.07, 6.45) is 9.81. The van der Waals surface area contributed by atoms with Gasteiger partial charge in [-0.2, -0.15) is 9.97 Å². The Hall–Kier alpha value is -3.55. The molecule has 1 aromatic heterocycles. The molecule has 1 unspecified atom stereocenters. The van der Waals surface area contributed by atoms with Crippen molar-refractivity contribution in [1.29, 1.82) is 0 Å². The number of amides is 1. The van der Waals surface area contributed by atoms with Crippen molar-refractivity contribution in [3.63, 3.8) is 0 Å². The van der Waals surface area contributed by atoms with Crippen molar-refractivity contribution < 1.29 is 18.7 Å². The Balaban J connectivity index is 1.20. The molecule has 4 aliphatic heterocycles. The third kappa shape index (κ3) is 5.34. The number of anilines is 1. The van der Waals surface area contributed by atoms with Gasteiger partial charge in [0.05, 0.1) is 23.9 Å². The highest BCUT2D eigenvalue weighted by atomic mass is 19.1. The summed E-state index contributed by atoms with van der Waals surface area (Å²) in [5, 5.41) is 0. The molecule has 1 amide bonds. The average Bonchev–Trinajstić information content (AvgIpc) is 3.63. The molecule has 2 atom stereocenters. The molecule has 3 saturated heterocycles. The maximum Gasteiger partial charge on any atom is 0.318 e. The number of hydrogen-bond donors (Lipinski definition) is 0. The zero-order valence-corrected chi connectivity index (χ0v) is 25.4. The van der Waals surface area contributed by atoms with Crippen molar-refractivity contribution in [2.45, 2.75) is 82.1 Å². The van der Waals surface area contributed by atoms with Crippen molar-refractivity contribution >= 4 is 11.7 Å². The average molecular weight is 601 g/mol. The van der Waals surface area contributed by atoms with Crippen LogP contribution in [-0.2, 0) is 35.4 Å². The van der Waals surface area contributed by atoms with Crippen molar-refractivity contribution in [3.8, 4) is 6.01 Å². The van der Waals surface area contributed by atoms with E-state index in [4.69, 9.17) is 26.0 Å². The molecule has 7 rings (SSSR count). The summed E-state index contributed by atoms with van der Waals surface area (Å²) in [7, 11) is 0. The normalized spacial score (nSPS) is 24.3. The number of ether oxygens (including phenoxy) is 2.